The van der Waals surface area contributed by atoms with Crippen LogP contribution in [0.5, 0.6) is 11.5 Å². The number of fused-ring (bicyclic) bond motifs is 5. The van der Waals surface area contributed by atoms with E-state index in [1.165, 1.54) is 82.6 Å². The van der Waals surface area contributed by atoms with Gasteiger partial charge in [-0.15, -0.1) is 0 Å². The number of ether oxygens (including phenoxy) is 9. The number of para-hydroxylation sites is 2. The van der Waals surface area contributed by atoms with E-state index in [2.05, 4.69) is 31.5 Å². The molecule has 4 N–H and O–H groups in total. The molecule has 4 aliphatic rings. The van der Waals surface area contributed by atoms with Gasteiger partial charge in [0, 0.05) is 55.4 Å². The highest BCUT2D eigenvalue weighted by atomic mass is 79.9. The molecule has 3 fully saturated rings. The molecule has 484 valence electrons. The van der Waals surface area contributed by atoms with Crippen LogP contribution in [0.1, 0.15) is 99.5 Å². The highest BCUT2D eigenvalue weighted by Gasteiger charge is 2.79. The lowest BCUT2D eigenvalue weighted by Gasteiger charge is -2.67. The van der Waals surface area contributed by atoms with E-state index in [-0.39, 0.29) is 40.0 Å². The number of esters is 6. The van der Waals surface area contributed by atoms with Crippen molar-refractivity contribution >= 4 is 75.3 Å². The largest absolute Gasteiger partial charge is 0.482 e. The predicted molar refractivity (Wildman–Crippen MR) is 324 cm³/mol. The molecule has 9 rings (SSSR count). The number of carbonyl (C=O) groups excluding carboxylic acids is 9. The second-order valence-corrected chi connectivity index (χ2v) is 24.4. The molecule has 4 aromatic carbocycles. The predicted octanol–water partition coefficient (Wildman–Crippen LogP) is 6.50. The van der Waals surface area contributed by atoms with Gasteiger partial charge in [-0.05, 0) is 95.4 Å². The third kappa shape index (κ3) is 14.1. The molecule has 92 heavy (non-hydrogen) atoms. The van der Waals surface area contributed by atoms with Gasteiger partial charge in [-0.3, -0.25) is 33.8 Å². The van der Waals surface area contributed by atoms with Crippen LogP contribution < -0.4 is 20.1 Å². The maximum Gasteiger partial charge on any atom is 0.350 e. The van der Waals surface area contributed by atoms with Gasteiger partial charge >= 0.3 is 41.8 Å². The Hall–Kier alpha value is -9.33. The van der Waals surface area contributed by atoms with Crippen LogP contribution in [0.4, 0.5) is 0 Å². The Morgan fingerprint density at radius 3 is 1.90 bits per heavy atom. The first-order chi connectivity index (χ1) is 43.8. The number of carboxylic acid groups (broad SMARTS) is 1. The third-order valence-corrected chi connectivity index (χ3v) is 17.8. The number of hydrogen-bond donors (Lipinski definition) is 4. The van der Waals surface area contributed by atoms with Crippen molar-refractivity contribution in [3.63, 3.8) is 0 Å². The molecule has 0 radical (unpaired) electrons. The molecule has 25 heteroatoms. The van der Waals surface area contributed by atoms with Gasteiger partial charge in [-0.1, -0.05) is 98.8 Å². The van der Waals surface area contributed by atoms with E-state index in [1.807, 2.05) is 0 Å². The normalized spacial score (nSPS) is 25.2. The topological polar surface area (TPSA) is 331 Å². The Morgan fingerprint density at radius 1 is 0.739 bits per heavy atom. The van der Waals surface area contributed by atoms with Crippen LogP contribution in [0.15, 0.2) is 155 Å². The van der Waals surface area contributed by atoms with Crippen LogP contribution >= 0.6 is 15.9 Å². The summed E-state index contributed by atoms with van der Waals surface area (Å²) in [4.78, 5) is 147. The minimum atomic E-state index is -2.67. The summed E-state index contributed by atoms with van der Waals surface area (Å²) in [7, 11) is 0. The number of carboxylic acids is 1. The number of carbonyl (C=O) groups is 10. The summed E-state index contributed by atoms with van der Waals surface area (Å²) in [5.74, 6) is -12.1. The first-order valence-corrected chi connectivity index (χ1v) is 30.2. The third-order valence-electron chi connectivity index (χ3n) is 17.4. The summed E-state index contributed by atoms with van der Waals surface area (Å²) < 4.78 is 55.7. The number of nitrogens with zero attached hydrogens (tertiary/aromatic N) is 1. The number of hydrogen-bond acceptors (Lipinski definition) is 21. The van der Waals surface area contributed by atoms with Gasteiger partial charge in [-0.2, -0.15) is 0 Å². The van der Waals surface area contributed by atoms with Crippen LogP contribution in [0, 0.1) is 16.7 Å². The zero-order valence-electron chi connectivity index (χ0n) is 50.9. The number of aromatic nitrogens is 1. The van der Waals surface area contributed by atoms with Crippen molar-refractivity contribution in [1.82, 2.24) is 15.6 Å². The van der Waals surface area contributed by atoms with E-state index in [0.717, 1.165) is 13.8 Å². The average molecular weight is 1330 g/mol. The molecule has 1 saturated heterocycles. The van der Waals surface area contributed by atoms with Gasteiger partial charge in [0.25, 0.3) is 5.91 Å². The standard InChI is InChI=1S/C67H68BrN3O21/c1-37-47(88-63(82)56(90-52(77)35-85-45-25-17-10-18-26-45)54(40-19-11-7-12-20-40)71-61(80)46(27-28-50(74)75)70-60(79)42-29-43(68)33-69-32-42)31-67(83)59(91-62(81)41-21-13-8-14-22-41)57-65(6,58(78)55(87-38(2)72)53(37)64(67,4)5)48(30-49-66(57,36-86-49)92-39(3)73)89-51(76)34-84-44-23-15-9-16-24-44/h7-26,29,32-33,46-49,54-57,59,83H,27-28,30-31,34-36H2,1-6H3,(H,70,79)(H,71,80)(H,74,75)/t46-,47+,48+,49-,54+,55-,56-,57+,59+,65-,66+,67-/m1/s1. The number of benzene rings is 4. The molecular weight excluding hydrogens is 1260 g/mol. The van der Waals surface area contributed by atoms with Gasteiger partial charge in [0.15, 0.2) is 30.7 Å². The number of Topliss-reactive ketones (excluding diaryl/α,β-unsaturated/α-hetero) is 1. The van der Waals surface area contributed by atoms with Gasteiger partial charge in [-0.25, -0.2) is 19.2 Å². The summed E-state index contributed by atoms with van der Waals surface area (Å²) in [6, 6.07) is 29.6. The fourth-order valence-corrected chi connectivity index (χ4v) is 13.2. The molecule has 24 nitrogen and oxygen atoms in total. The Morgan fingerprint density at radius 2 is 1.34 bits per heavy atom. The van der Waals surface area contributed by atoms with Crippen LogP contribution in [0.3, 0.4) is 0 Å². The number of amides is 2. The second kappa shape index (κ2) is 28.0. The van der Waals surface area contributed by atoms with Crippen molar-refractivity contribution in [2.75, 3.05) is 19.8 Å². The van der Waals surface area contributed by atoms with Gasteiger partial charge < -0.3 is 63.5 Å². The van der Waals surface area contributed by atoms with E-state index in [0.29, 0.717) is 10.2 Å². The quantitative estimate of drug-likeness (QED) is 0.0308. The SMILES string of the molecule is CC(=O)O[C@H]1C(=O)[C@]2(C)[C@@H](OC(=O)COc3ccccc3)C[C@H]3OC[C@@]3(OC(C)=O)[C@H]2[C@H](OC(=O)c2ccccc2)[C@]2(O)C[C@H](OC(=O)[C@H](OC(=O)COc3ccccc3)[C@@H](NC(=O)[C@@H](CCC(=O)O)NC(=O)c3cncc(Br)c3)c3ccccc3)C(C)=C1C2(C)C. The fourth-order valence-electron chi connectivity index (χ4n) is 12.9. The number of halogens is 1. The highest BCUT2D eigenvalue weighted by molar-refractivity contribution is 9.10. The minimum Gasteiger partial charge on any atom is -0.482 e. The number of aliphatic hydroxyl groups is 1. The molecule has 2 amide bonds. The van der Waals surface area contributed by atoms with Crippen molar-refractivity contribution in [2.45, 2.75) is 127 Å². The van der Waals surface area contributed by atoms with E-state index in [1.54, 1.807) is 84.9 Å². The zero-order chi connectivity index (χ0) is 66.3. The highest BCUT2D eigenvalue weighted by Crippen LogP contribution is 2.65. The number of rotatable bonds is 23. The molecule has 2 saturated carbocycles. The number of pyridine rings is 1. The lowest BCUT2D eigenvalue weighted by Crippen LogP contribution is -2.82. The molecule has 0 spiro atoms. The Labute approximate surface area is 536 Å². The van der Waals surface area contributed by atoms with Crippen molar-refractivity contribution in [3.05, 3.63) is 172 Å². The lowest BCUT2D eigenvalue weighted by molar-refractivity contribution is -0.346. The van der Waals surface area contributed by atoms with Gasteiger partial charge in [0.1, 0.15) is 53.6 Å². The van der Waals surface area contributed by atoms with Gasteiger partial charge in [0.05, 0.1) is 29.1 Å². The first-order valence-electron chi connectivity index (χ1n) is 29.4. The van der Waals surface area contributed by atoms with Crippen LogP contribution in [-0.2, 0) is 71.5 Å². The van der Waals surface area contributed by atoms with Crippen molar-refractivity contribution in [1.29, 1.82) is 0 Å². The average Bonchev–Trinajstić information content (AvgIpc) is 0.669. The molecular formula is C67H68BrN3O21. The smallest absolute Gasteiger partial charge is 0.350 e. The van der Waals surface area contributed by atoms with Crippen molar-refractivity contribution < 1.29 is 101 Å². The summed E-state index contributed by atoms with van der Waals surface area (Å²) in [6.07, 6.45) is -10.6. The lowest BCUT2D eigenvalue weighted by atomic mass is 9.44. The van der Waals surface area contributed by atoms with Crippen LogP contribution in [0.25, 0.3) is 0 Å². The number of ketones is 1. The molecule has 3 aliphatic carbocycles. The summed E-state index contributed by atoms with van der Waals surface area (Å²) in [5.41, 5.74) is -9.00. The fraction of sp³-hybridized carbons (Fsp3) is 0.388. The number of aliphatic carboxylic acids is 1. The second-order valence-electron chi connectivity index (χ2n) is 23.5. The molecule has 1 aliphatic heterocycles. The van der Waals surface area contributed by atoms with E-state index in [4.69, 9.17) is 42.6 Å². The Balaban J connectivity index is 1.19. The summed E-state index contributed by atoms with van der Waals surface area (Å²) in [5, 5.41) is 29.4. The van der Waals surface area contributed by atoms with E-state index < -0.39 is 175 Å². The maximum absolute atomic E-state index is 16.6. The van der Waals surface area contributed by atoms with Crippen molar-refractivity contribution in [2.24, 2.45) is 16.7 Å². The zero-order valence-corrected chi connectivity index (χ0v) is 52.5. The molecule has 2 heterocycles. The number of nitrogens with one attached hydrogen (secondary N) is 2. The Kier molecular flexibility index (Phi) is 20.4. The summed E-state index contributed by atoms with van der Waals surface area (Å²) >= 11 is 3.26. The van der Waals surface area contributed by atoms with Gasteiger partial charge in [0.2, 0.25) is 12.0 Å². The van der Waals surface area contributed by atoms with E-state index in [9.17, 15) is 48.6 Å². The van der Waals surface area contributed by atoms with Crippen LogP contribution in [-0.4, -0.2) is 148 Å². The minimum absolute atomic E-state index is 0.0146. The molecule has 0 unspecified atom stereocenters. The molecule has 12 atom stereocenters. The van der Waals surface area contributed by atoms with E-state index >= 15 is 9.59 Å². The first kappa shape index (κ1) is 67.1. The maximum atomic E-state index is 16.6. The monoisotopic (exact) mass is 1330 g/mol. The molecule has 1 aromatic heterocycles. The van der Waals surface area contributed by atoms with Crippen LogP contribution in [0.2, 0.25) is 0 Å². The summed E-state index contributed by atoms with van der Waals surface area (Å²) in [6.45, 7) is 5.92. The molecule has 2 bridgehead atoms. The Bertz CT molecular complexity index is 3650. The molecule has 5 aromatic rings. The van der Waals surface area contributed by atoms with Crippen molar-refractivity contribution in [3.8, 4) is 11.5 Å².